The van der Waals surface area contributed by atoms with Crippen LogP contribution < -0.4 is 5.32 Å². The number of likely N-dealkylation sites (N-methyl/N-ethyl adjacent to an activating group) is 1. The van der Waals surface area contributed by atoms with Crippen molar-refractivity contribution in [2.24, 2.45) is 4.99 Å². The number of guanidine groups is 1. The van der Waals surface area contributed by atoms with E-state index in [1.807, 2.05) is 13.1 Å². The Labute approximate surface area is 118 Å². The van der Waals surface area contributed by atoms with E-state index in [1.165, 1.54) is 12.8 Å². The van der Waals surface area contributed by atoms with Crippen molar-refractivity contribution >= 4 is 5.96 Å². The summed E-state index contributed by atoms with van der Waals surface area (Å²) in [5, 5.41) is 3.45. The van der Waals surface area contributed by atoms with Crippen molar-refractivity contribution in [3.05, 3.63) is 12.7 Å². The molecule has 1 aliphatic rings. The van der Waals surface area contributed by atoms with E-state index in [2.05, 4.69) is 40.7 Å². The van der Waals surface area contributed by atoms with E-state index in [0.717, 1.165) is 51.0 Å². The van der Waals surface area contributed by atoms with Crippen LogP contribution in [-0.4, -0.2) is 62.1 Å². The minimum atomic E-state index is 0.846. The summed E-state index contributed by atoms with van der Waals surface area (Å²) in [5.41, 5.74) is 0. The molecule has 0 spiro atoms. The summed E-state index contributed by atoms with van der Waals surface area (Å²) in [6.07, 6.45) is 6.92. The standard InChI is InChI=1S/C15H30N4/c1-5-7-8-12-18(4)15(16-3)17-11-13-19(6-2)14-9-10-14/h5,14H,1,6-13H2,2-4H3,(H,16,17). The summed E-state index contributed by atoms with van der Waals surface area (Å²) in [7, 11) is 3.95. The van der Waals surface area contributed by atoms with Crippen molar-refractivity contribution in [3.8, 4) is 0 Å². The molecule has 1 rings (SSSR count). The predicted octanol–water partition coefficient (Wildman–Crippen LogP) is 1.94. The van der Waals surface area contributed by atoms with E-state index in [0.29, 0.717) is 0 Å². The summed E-state index contributed by atoms with van der Waals surface area (Å²) >= 11 is 0. The summed E-state index contributed by atoms with van der Waals surface area (Å²) in [5.74, 6) is 0.996. The first-order valence-corrected chi connectivity index (χ1v) is 7.49. The maximum atomic E-state index is 4.34. The van der Waals surface area contributed by atoms with Crippen LogP contribution in [0.2, 0.25) is 0 Å². The molecule has 0 aromatic carbocycles. The third-order valence-corrected chi connectivity index (χ3v) is 3.63. The van der Waals surface area contributed by atoms with Gasteiger partial charge in [0.15, 0.2) is 5.96 Å². The molecule has 1 N–H and O–H groups in total. The van der Waals surface area contributed by atoms with E-state index in [1.54, 1.807) is 0 Å². The first-order chi connectivity index (χ1) is 9.22. The molecule has 4 heteroatoms. The van der Waals surface area contributed by atoms with Crippen LogP contribution in [0.15, 0.2) is 17.6 Å². The fourth-order valence-electron chi connectivity index (χ4n) is 2.31. The zero-order chi connectivity index (χ0) is 14.1. The average Bonchev–Trinajstić information content (AvgIpc) is 3.23. The first kappa shape index (κ1) is 16.0. The minimum absolute atomic E-state index is 0.846. The normalized spacial score (nSPS) is 15.7. The molecule has 0 aliphatic heterocycles. The van der Waals surface area contributed by atoms with Crippen LogP contribution in [0.3, 0.4) is 0 Å². The van der Waals surface area contributed by atoms with Gasteiger partial charge in [-0.25, -0.2) is 0 Å². The summed E-state index contributed by atoms with van der Waals surface area (Å²) in [4.78, 5) is 9.08. The van der Waals surface area contributed by atoms with Gasteiger partial charge < -0.3 is 10.2 Å². The van der Waals surface area contributed by atoms with Crippen LogP contribution in [0.5, 0.6) is 0 Å². The van der Waals surface area contributed by atoms with Gasteiger partial charge in [-0.1, -0.05) is 13.0 Å². The molecule has 1 aliphatic carbocycles. The van der Waals surface area contributed by atoms with Crippen molar-refractivity contribution in [1.82, 2.24) is 15.1 Å². The molecule has 0 atom stereocenters. The van der Waals surface area contributed by atoms with Gasteiger partial charge in [0.2, 0.25) is 0 Å². The van der Waals surface area contributed by atoms with Crippen LogP contribution in [0.1, 0.15) is 32.6 Å². The average molecular weight is 266 g/mol. The number of nitrogens with one attached hydrogen (secondary N) is 1. The lowest BCUT2D eigenvalue weighted by Crippen LogP contribution is -2.43. The van der Waals surface area contributed by atoms with Crippen LogP contribution in [0.4, 0.5) is 0 Å². The Kier molecular flexibility index (Phi) is 7.56. The Bertz CT molecular complexity index is 284. The molecule has 0 aromatic rings. The number of nitrogens with zero attached hydrogens (tertiary/aromatic N) is 3. The highest BCUT2D eigenvalue weighted by atomic mass is 15.3. The Hall–Kier alpha value is -1.03. The largest absolute Gasteiger partial charge is 0.355 e. The van der Waals surface area contributed by atoms with Gasteiger partial charge in [0.05, 0.1) is 0 Å². The molecular weight excluding hydrogens is 236 g/mol. The van der Waals surface area contributed by atoms with E-state index >= 15 is 0 Å². The molecule has 0 heterocycles. The molecule has 1 saturated carbocycles. The molecule has 0 radical (unpaired) electrons. The molecule has 0 bridgehead atoms. The number of rotatable bonds is 9. The van der Waals surface area contributed by atoms with Crippen molar-refractivity contribution in [1.29, 1.82) is 0 Å². The lowest BCUT2D eigenvalue weighted by atomic mass is 10.3. The number of unbranched alkanes of at least 4 members (excludes halogenated alkanes) is 1. The second-order valence-corrected chi connectivity index (χ2v) is 5.19. The highest BCUT2D eigenvalue weighted by molar-refractivity contribution is 5.79. The topological polar surface area (TPSA) is 30.9 Å². The fraction of sp³-hybridized carbons (Fsp3) is 0.800. The van der Waals surface area contributed by atoms with Gasteiger partial charge in [-0.2, -0.15) is 0 Å². The quantitative estimate of drug-likeness (QED) is 0.299. The lowest BCUT2D eigenvalue weighted by molar-refractivity contribution is 0.280. The molecule has 19 heavy (non-hydrogen) atoms. The first-order valence-electron chi connectivity index (χ1n) is 7.49. The monoisotopic (exact) mass is 266 g/mol. The van der Waals surface area contributed by atoms with E-state index in [9.17, 15) is 0 Å². The van der Waals surface area contributed by atoms with E-state index in [-0.39, 0.29) is 0 Å². The third kappa shape index (κ3) is 6.10. The van der Waals surface area contributed by atoms with Gasteiger partial charge in [-0.05, 0) is 32.2 Å². The van der Waals surface area contributed by atoms with Crippen LogP contribution in [0.25, 0.3) is 0 Å². The number of hydrogen-bond acceptors (Lipinski definition) is 2. The zero-order valence-electron chi connectivity index (χ0n) is 12.9. The molecule has 0 saturated heterocycles. The Morgan fingerprint density at radius 2 is 2.16 bits per heavy atom. The Morgan fingerprint density at radius 1 is 1.42 bits per heavy atom. The van der Waals surface area contributed by atoms with Crippen LogP contribution in [-0.2, 0) is 0 Å². The van der Waals surface area contributed by atoms with Crippen LogP contribution >= 0.6 is 0 Å². The van der Waals surface area contributed by atoms with Crippen LogP contribution in [0, 0.1) is 0 Å². The molecule has 0 unspecified atom stereocenters. The second kappa shape index (κ2) is 8.97. The second-order valence-electron chi connectivity index (χ2n) is 5.19. The maximum Gasteiger partial charge on any atom is 0.193 e. The lowest BCUT2D eigenvalue weighted by Gasteiger charge is -2.24. The number of hydrogen-bond donors (Lipinski definition) is 1. The van der Waals surface area contributed by atoms with Gasteiger partial charge >= 0.3 is 0 Å². The van der Waals surface area contributed by atoms with Gasteiger partial charge in [0.25, 0.3) is 0 Å². The van der Waals surface area contributed by atoms with Gasteiger partial charge in [-0.3, -0.25) is 9.89 Å². The summed E-state index contributed by atoms with van der Waals surface area (Å²) in [6, 6.07) is 0.846. The smallest absolute Gasteiger partial charge is 0.193 e. The zero-order valence-corrected chi connectivity index (χ0v) is 12.9. The van der Waals surface area contributed by atoms with Gasteiger partial charge in [-0.15, -0.1) is 6.58 Å². The molecule has 4 nitrogen and oxygen atoms in total. The molecule has 110 valence electrons. The van der Waals surface area contributed by atoms with Crippen molar-refractivity contribution in [2.45, 2.75) is 38.6 Å². The van der Waals surface area contributed by atoms with Crippen molar-refractivity contribution in [2.75, 3.05) is 40.3 Å². The van der Waals surface area contributed by atoms with Gasteiger partial charge in [0.1, 0.15) is 0 Å². The van der Waals surface area contributed by atoms with Crippen molar-refractivity contribution in [3.63, 3.8) is 0 Å². The highest BCUT2D eigenvalue weighted by Crippen LogP contribution is 2.25. The molecule has 0 amide bonds. The van der Waals surface area contributed by atoms with E-state index in [4.69, 9.17) is 0 Å². The van der Waals surface area contributed by atoms with Crippen molar-refractivity contribution < 1.29 is 0 Å². The van der Waals surface area contributed by atoms with E-state index < -0.39 is 0 Å². The summed E-state index contributed by atoms with van der Waals surface area (Å²) < 4.78 is 0. The summed E-state index contributed by atoms with van der Waals surface area (Å²) in [6.45, 7) is 10.3. The fourth-order valence-corrected chi connectivity index (χ4v) is 2.31. The Morgan fingerprint density at radius 3 is 2.68 bits per heavy atom. The molecule has 1 fully saturated rings. The maximum absolute atomic E-state index is 4.34. The molecular formula is C15H30N4. The van der Waals surface area contributed by atoms with Gasteiger partial charge in [0, 0.05) is 39.8 Å². The number of allylic oxidation sites excluding steroid dienone is 1. The Balaban J connectivity index is 2.21. The number of aliphatic imine (C=N–C) groups is 1. The SMILES string of the molecule is C=CCCCN(C)C(=NC)NCCN(CC)C1CC1. The molecule has 0 aromatic heterocycles. The predicted molar refractivity (Wildman–Crippen MR) is 83.7 cm³/mol. The third-order valence-electron chi connectivity index (χ3n) is 3.63. The minimum Gasteiger partial charge on any atom is -0.355 e. The highest BCUT2D eigenvalue weighted by Gasteiger charge is 2.27.